The zero-order chi connectivity index (χ0) is 14.7. The summed E-state index contributed by atoms with van der Waals surface area (Å²) in [5, 5.41) is 0. The van der Waals surface area contributed by atoms with Crippen molar-refractivity contribution in [1.82, 2.24) is 9.13 Å². The highest BCUT2D eigenvalue weighted by Crippen LogP contribution is 2.13. The standard InChI is InChI=1S/C16H18N2O2/c1-4-5-8-17-9-10-18(16(20)15(17)19)14-7-6-12(2)11-13(14)3/h4,6-7,9-11H,1,5,8H2,2-3H3. The van der Waals surface area contributed by atoms with Crippen LogP contribution >= 0.6 is 0 Å². The maximum atomic E-state index is 12.2. The van der Waals surface area contributed by atoms with E-state index in [0.29, 0.717) is 13.0 Å². The fourth-order valence-corrected chi connectivity index (χ4v) is 2.18. The van der Waals surface area contributed by atoms with Crippen LogP contribution in [0, 0.1) is 13.8 Å². The first-order valence-electron chi connectivity index (χ1n) is 6.55. The fourth-order valence-electron chi connectivity index (χ4n) is 2.18. The van der Waals surface area contributed by atoms with Gasteiger partial charge in [0.15, 0.2) is 0 Å². The molecule has 0 bridgehead atoms. The molecule has 0 aliphatic carbocycles. The van der Waals surface area contributed by atoms with Crippen LogP contribution in [-0.2, 0) is 6.54 Å². The van der Waals surface area contributed by atoms with E-state index >= 15 is 0 Å². The largest absolute Gasteiger partial charge is 0.320 e. The molecule has 104 valence electrons. The summed E-state index contributed by atoms with van der Waals surface area (Å²) >= 11 is 0. The molecular formula is C16H18N2O2. The van der Waals surface area contributed by atoms with Gasteiger partial charge in [0.05, 0.1) is 5.69 Å². The van der Waals surface area contributed by atoms with Crippen molar-refractivity contribution in [3.8, 4) is 5.69 Å². The van der Waals surface area contributed by atoms with Crippen LogP contribution in [0.25, 0.3) is 5.69 Å². The zero-order valence-corrected chi connectivity index (χ0v) is 11.8. The fraction of sp³-hybridized carbons (Fsp3) is 0.250. The highest BCUT2D eigenvalue weighted by molar-refractivity contribution is 5.42. The predicted octanol–water partition coefficient (Wildman–Crippen LogP) is 2.19. The molecule has 0 amide bonds. The van der Waals surface area contributed by atoms with Gasteiger partial charge in [-0.05, 0) is 31.9 Å². The second kappa shape index (κ2) is 5.74. The number of hydrogen-bond donors (Lipinski definition) is 0. The number of benzene rings is 1. The summed E-state index contributed by atoms with van der Waals surface area (Å²) in [5.41, 5.74) is 1.81. The van der Waals surface area contributed by atoms with Crippen molar-refractivity contribution in [3.63, 3.8) is 0 Å². The van der Waals surface area contributed by atoms with E-state index in [0.717, 1.165) is 16.8 Å². The molecule has 0 unspecified atom stereocenters. The lowest BCUT2D eigenvalue weighted by Crippen LogP contribution is -2.40. The lowest BCUT2D eigenvalue weighted by molar-refractivity contribution is 0.656. The number of nitrogens with zero attached hydrogens (tertiary/aromatic N) is 2. The van der Waals surface area contributed by atoms with Crippen LogP contribution in [0.2, 0.25) is 0 Å². The summed E-state index contributed by atoms with van der Waals surface area (Å²) in [4.78, 5) is 24.2. The first-order chi connectivity index (χ1) is 9.54. The van der Waals surface area contributed by atoms with Crippen LogP contribution in [-0.4, -0.2) is 9.13 Å². The van der Waals surface area contributed by atoms with Gasteiger partial charge >= 0.3 is 11.1 Å². The Morgan fingerprint density at radius 2 is 1.90 bits per heavy atom. The highest BCUT2D eigenvalue weighted by Gasteiger charge is 2.08. The molecule has 20 heavy (non-hydrogen) atoms. The summed E-state index contributed by atoms with van der Waals surface area (Å²) in [6.07, 6.45) is 5.67. The van der Waals surface area contributed by atoms with Crippen molar-refractivity contribution in [2.45, 2.75) is 26.8 Å². The summed E-state index contributed by atoms with van der Waals surface area (Å²) in [5.74, 6) is 0. The number of allylic oxidation sites excluding steroid dienone is 1. The van der Waals surface area contributed by atoms with E-state index in [9.17, 15) is 9.59 Å². The van der Waals surface area contributed by atoms with Gasteiger partial charge in [-0.25, -0.2) is 0 Å². The second-order valence-electron chi connectivity index (χ2n) is 4.84. The number of rotatable bonds is 4. The van der Waals surface area contributed by atoms with Crippen molar-refractivity contribution < 1.29 is 0 Å². The van der Waals surface area contributed by atoms with Crippen molar-refractivity contribution >= 4 is 0 Å². The minimum atomic E-state index is -0.525. The van der Waals surface area contributed by atoms with E-state index < -0.39 is 11.1 Å². The molecule has 4 heteroatoms. The number of hydrogen-bond acceptors (Lipinski definition) is 2. The van der Waals surface area contributed by atoms with Gasteiger partial charge in [0.1, 0.15) is 0 Å². The summed E-state index contributed by atoms with van der Waals surface area (Å²) in [6.45, 7) is 8.01. The highest BCUT2D eigenvalue weighted by atomic mass is 16.2. The molecule has 0 atom stereocenters. The molecule has 0 spiro atoms. The predicted molar refractivity (Wildman–Crippen MR) is 80.6 cm³/mol. The van der Waals surface area contributed by atoms with Gasteiger partial charge in [0.2, 0.25) is 0 Å². The van der Waals surface area contributed by atoms with Crippen LogP contribution in [0.4, 0.5) is 0 Å². The monoisotopic (exact) mass is 270 g/mol. The zero-order valence-electron chi connectivity index (χ0n) is 11.8. The lowest BCUT2D eigenvalue weighted by Gasteiger charge is -2.11. The van der Waals surface area contributed by atoms with Crippen molar-refractivity contribution in [2.75, 3.05) is 0 Å². The van der Waals surface area contributed by atoms with Crippen LogP contribution in [0.5, 0.6) is 0 Å². The molecular weight excluding hydrogens is 252 g/mol. The Labute approximate surface area is 117 Å². The van der Waals surface area contributed by atoms with Crippen LogP contribution in [0.1, 0.15) is 17.5 Å². The maximum absolute atomic E-state index is 12.2. The molecule has 0 N–H and O–H groups in total. The van der Waals surface area contributed by atoms with E-state index in [1.54, 1.807) is 18.5 Å². The molecule has 1 heterocycles. The Morgan fingerprint density at radius 1 is 1.15 bits per heavy atom. The van der Waals surface area contributed by atoms with Gasteiger partial charge in [-0.2, -0.15) is 0 Å². The average molecular weight is 270 g/mol. The van der Waals surface area contributed by atoms with E-state index in [4.69, 9.17) is 0 Å². The van der Waals surface area contributed by atoms with Crippen molar-refractivity contribution in [2.24, 2.45) is 0 Å². The average Bonchev–Trinajstić information content (AvgIpc) is 2.41. The summed E-state index contributed by atoms with van der Waals surface area (Å²) in [6, 6.07) is 5.78. The molecule has 2 aromatic rings. The summed E-state index contributed by atoms with van der Waals surface area (Å²) < 4.78 is 2.82. The minimum Gasteiger partial charge on any atom is -0.309 e. The molecule has 0 saturated carbocycles. The third-order valence-corrected chi connectivity index (χ3v) is 3.24. The molecule has 1 aromatic carbocycles. The molecule has 0 radical (unpaired) electrons. The Balaban J connectivity index is 2.54. The SMILES string of the molecule is C=CCCn1ccn(-c2ccc(C)cc2C)c(=O)c1=O. The molecule has 2 rings (SSSR count). The number of aromatic nitrogens is 2. The normalized spacial score (nSPS) is 10.5. The van der Waals surface area contributed by atoms with Crippen LogP contribution < -0.4 is 11.1 Å². The van der Waals surface area contributed by atoms with E-state index in [1.807, 2.05) is 32.0 Å². The lowest BCUT2D eigenvalue weighted by atomic mass is 10.1. The van der Waals surface area contributed by atoms with Crippen molar-refractivity contribution in [3.05, 3.63) is 75.1 Å². The van der Waals surface area contributed by atoms with Gasteiger partial charge in [-0.1, -0.05) is 23.8 Å². The minimum absolute atomic E-state index is 0.477. The van der Waals surface area contributed by atoms with Gasteiger partial charge in [0, 0.05) is 18.9 Å². The Bertz CT molecular complexity index is 754. The van der Waals surface area contributed by atoms with Gasteiger partial charge < -0.3 is 4.57 Å². The molecule has 1 aromatic heterocycles. The third-order valence-electron chi connectivity index (χ3n) is 3.24. The summed E-state index contributed by atoms with van der Waals surface area (Å²) in [7, 11) is 0. The Morgan fingerprint density at radius 3 is 2.55 bits per heavy atom. The van der Waals surface area contributed by atoms with E-state index in [2.05, 4.69) is 6.58 Å². The number of aryl methyl sites for hydroxylation is 3. The van der Waals surface area contributed by atoms with Crippen LogP contribution in [0.15, 0.2) is 52.8 Å². The molecule has 0 aliphatic rings. The Hall–Kier alpha value is -2.36. The van der Waals surface area contributed by atoms with Gasteiger partial charge in [0.25, 0.3) is 0 Å². The molecule has 0 fully saturated rings. The topological polar surface area (TPSA) is 44.0 Å². The quantitative estimate of drug-likeness (QED) is 0.631. The first kappa shape index (κ1) is 14.1. The second-order valence-corrected chi connectivity index (χ2v) is 4.84. The molecule has 0 aliphatic heterocycles. The van der Waals surface area contributed by atoms with Crippen molar-refractivity contribution in [1.29, 1.82) is 0 Å². The first-order valence-corrected chi connectivity index (χ1v) is 6.55. The van der Waals surface area contributed by atoms with Gasteiger partial charge in [-0.15, -0.1) is 6.58 Å². The van der Waals surface area contributed by atoms with E-state index in [-0.39, 0.29) is 0 Å². The molecule has 0 saturated heterocycles. The Kier molecular flexibility index (Phi) is 4.03. The van der Waals surface area contributed by atoms with Gasteiger partial charge in [-0.3, -0.25) is 14.2 Å². The van der Waals surface area contributed by atoms with E-state index in [1.165, 1.54) is 9.13 Å². The maximum Gasteiger partial charge on any atom is 0.320 e. The third kappa shape index (κ3) is 2.64. The van der Waals surface area contributed by atoms with Crippen LogP contribution in [0.3, 0.4) is 0 Å². The molecule has 4 nitrogen and oxygen atoms in total. The smallest absolute Gasteiger partial charge is 0.309 e.